The largest absolute Gasteiger partial charge is 0.465 e. The molecule has 0 aliphatic heterocycles. The second kappa shape index (κ2) is 8.09. The van der Waals surface area contributed by atoms with Gasteiger partial charge in [-0.25, -0.2) is 4.79 Å². The molecular formula is C18H14ClN3O4S2. The summed E-state index contributed by atoms with van der Waals surface area (Å²) in [6, 6.07) is 9.88. The molecule has 144 valence electrons. The van der Waals surface area contributed by atoms with Crippen molar-refractivity contribution in [3.63, 3.8) is 0 Å². The summed E-state index contributed by atoms with van der Waals surface area (Å²) in [6.07, 6.45) is 0. The Labute approximate surface area is 174 Å². The zero-order valence-corrected chi connectivity index (χ0v) is 17.1. The number of hydrogen-bond donors (Lipinski definition) is 2. The van der Waals surface area contributed by atoms with Crippen molar-refractivity contribution in [2.75, 3.05) is 17.7 Å². The second-order valence-electron chi connectivity index (χ2n) is 5.78. The Hall–Kier alpha value is -2.75. The van der Waals surface area contributed by atoms with E-state index >= 15 is 0 Å². The van der Waals surface area contributed by atoms with Crippen molar-refractivity contribution in [3.05, 3.63) is 62.0 Å². The minimum Gasteiger partial charge on any atom is -0.465 e. The standard InChI is InChI=1S/C18H14ClN3O4S2/c1-9-3-5-11(22(24)25)8-13(9)21-18(27)20-10-4-6-12-14(7-10)28-16(15(12)19)17(23)26-2/h3-8H,1-2H3,(H2,20,21,27). The normalized spacial score (nSPS) is 10.5. The average Bonchev–Trinajstić information content (AvgIpc) is 2.98. The summed E-state index contributed by atoms with van der Waals surface area (Å²) in [5, 5.41) is 18.3. The van der Waals surface area contributed by atoms with Crippen LogP contribution in [0.15, 0.2) is 36.4 Å². The maximum absolute atomic E-state index is 11.8. The molecule has 2 N–H and O–H groups in total. The number of nitro benzene ring substituents is 1. The van der Waals surface area contributed by atoms with Crippen LogP contribution < -0.4 is 10.6 Å². The molecule has 28 heavy (non-hydrogen) atoms. The van der Waals surface area contributed by atoms with E-state index < -0.39 is 10.9 Å². The summed E-state index contributed by atoms with van der Waals surface area (Å²) in [4.78, 5) is 22.6. The van der Waals surface area contributed by atoms with Gasteiger partial charge in [-0.15, -0.1) is 11.3 Å². The molecule has 10 heteroatoms. The Morgan fingerprint density at radius 3 is 2.68 bits per heavy atom. The van der Waals surface area contributed by atoms with Crippen molar-refractivity contribution >= 4 is 73.4 Å². The van der Waals surface area contributed by atoms with E-state index in [0.29, 0.717) is 21.3 Å². The lowest BCUT2D eigenvalue weighted by molar-refractivity contribution is -0.384. The van der Waals surface area contributed by atoms with E-state index in [9.17, 15) is 14.9 Å². The Bertz CT molecular complexity index is 1110. The third kappa shape index (κ3) is 4.06. The maximum atomic E-state index is 11.8. The predicted octanol–water partition coefficient (Wildman–Crippen LogP) is 5.37. The van der Waals surface area contributed by atoms with Crippen LogP contribution in [0.5, 0.6) is 0 Å². The highest BCUT2D eigenvalue weighted by molar-refractivity contribution is 7.80. The van der Waals surface area contributed by atoms with Crippen molar-refractivity contribution in [1.29, 1.82) is 0 Å². The molecule has 0 aliphatic carbocycles. The van der Waals surface area contributed by atoms with Gasteiger partial charge in [-0.3, -0.25) is 10.1 Å². The van der Waals surface area contributed by atoms with Gasteiger partial charge in [0, 0.05) is 33.6 Å². The zero-order chi connectivity index (χ0) is 20.4. The summed E-state index contributed by atoms with van der Waals surface area (Å²) in [6.45, 7) is 1.82. The summed E-state index contributed by atoms with van der Waals surface area (Å²) >= 11 is 12.8. The molecular weight excluding hydrogens is 422 g/mol. The topological polar surface area (TPSA) is 93.5 Å². The third-order valence-electron chi connectivity index (χ3n) is 3.94. The number of nitrogens with zero attached hydrogens (tertiary/aromatic N) is 1. The van der Waals surface area contributed by atoms with Gasteiger partial charge in [0.05, 0.1) is 17.1 Å². The van der Waals surface area contributed by atoms with Gasteiger partial charge in [-0.2, -0.15) is 0 Å². The number of anilines is 2. The van der Waals surface area contributed by atoms with Crippen LogP contribution in [-0.4, -0.2) is 23.1 Å². The van der Waals surface area contributed by atoms with Crippen LogP contribution in [0.3, 0.4) is 0 Å². The number of thiophene rings is 1. The van der Waals surface area contributed by atoms with E-state index in [2.05, 4.69) is 10.6 Å². The van der Waals surface area contributed by atoms with E-state index in [-0.39, 0.29) is 10.8 Å². The fraction of sp³-hybridized carbons (Fsp3) is 0.111. The van der Waals surface area contributed by atoms with E-state index in [1.807, 2.05) is 13.0 Å². The minimum atomic E-state index is -0.487. The van der Waals surface area contributed by atoms with Crippen molar-refractivity contribution in [3.8, 4) is 0 Å². The molecule has 0 saturated heterocycles. The van der Waals surface area contributed by atoms with Crippen LogP contribution in [0, 0.1) is 17.0 Å². The first-order valence-corrected chi connectivity index (χ1v) is 9.54. The van der Waals surface area contributed by atoms with Crippen LogP contribution in [0.2, 0.25) is 5.02 Å². The molecule has 3 aromatic rings. The van der Waals surface area contributed by atoms with Crippen LogP contribution in [0.1, 0.15) is 15.2 Å². The summed E-state index contributed by atoms with van der Waals surface area (Å²) < 4.78 is 5.53. The molecule has 0 radical (unpaired) electrons. The maximum Gasteiger partial charge on any atom is 0.349 e. The molecule has 0 amide bonds. The number of benzene rings is 2. The predicted molar refractivity (Wildman–Crippen MR) is 116 cm³/mol. The number of fused-ring (bicyclic) bond motifs is 1. The average molecular weight is 436 g/mol. The highest BCUT2D eigenvalue weighted by Crippen LogP contribution is 2.37. The molecule has 0 unspecified atom stereocenters. The Morgan fingerprint density at radius 2 is 2.00 bits per heavy atom. The van der Waals surface area contributed by atoms with Gasteiger partial charge < -0.3 is 15.4 Å². The number of carbonyl (C=O) groups excluding carboxylic acids is 1. The first-order valence-electron chi connectivity index (χ1n) is 7.93. The first kappa shape index (κ1) is 20.0. The highest BCUT2D eigenvalue weighted by Gasteiger charge is 2.18. The Balaban J connectivity index is 1.81. The van der Waals surface area contributed by atoms with E-state index in [4.69, 9.17) is 28.6 Å². The highest BCUT2D eigenvalue weighted by atomic mass is 35.5. The Morgan fingerprint density at radius 1 is 1.25 bits per heavy atom. The van der Waals surface area contributed by atoms with Gasteiger partial charge >= 0.3 is 5.97 Å². The van der Waals surface area contributed by atoms with Crippen LogP contribution >= 0.6 is 35.2 Å². The quantitative estimate of drug-likeness (QED) is 0.246. The number of esters is 1. The molecule has 7 nitrogen and oxygen atoms in total. The minimum absolute atomic E-state index is 0.0270. The molecule has 2 aromatic carbocycles. The fourth-order valence-electron chi connectivity index (χ4n) is 2.51. The molecule has 1 heterocycles. The van der Waals surface area contributed by atoms with Crippen molar-refractivity contribution < 1.29 is 14.5 Å². The zero-order valence-electron chi connectivity index (χ0n) is 14.7. The van der Waals surface area contributed by atoms with Gasteiger partial charge in [-0.05, 0) is 42.9 Å². The van der Waals surface area contributed by atoms with Crippen molar-refractivity contribution in [2.24, 2.45) is 0 Å². The second-order valence-corrected chi connectivity index (χ2v) is 7.62. The lowest BCUT2D eigenvalue weighted by Gasteiger charge is -2.12. The van der Waals surface area contributed by atoms with Crippen LogP contribution in [-0.2, 0) is 4.74 Å². The number of carbonyl (C=O) groups is 1. The molecule has 0 atom stereocenters. The van der Waals surface area contributed by atoms with Crippen LogP contribution in [0.4, 0.5) is 17.1 Å². The molecule has 0 aliphatic rings. The molecule has 1 aromatic heterocycles. The van der Waals surface area contributed by atoms with E-state index in [1.165, 1.54) is 30.6 Å². The fourth-order valence-corrected chi connectivity index (χ4v) is 4.20. The number of halogens is 1. The summed E-state index contributed by atoms with van der Waals surface area (Å²) in [5.74, 6) is -0.487. The molecule has 3 rings (SSSR count). The van der Waals surface area contributed by atoms with Gasteiger partial charge in [-0.1, -0.05) is 17.7 Å². The number of thiocarbonyl (C=S) groups is 1. The van der Waals surface area contributed by atoms with E-state index in [0.717, 1.165) is 15.6 Å². The number of methoxy groups -OCH3 is 1. The van der Waals surface area contributed by atoms with Gasteiger partial charge in [0.2, 0.25) is 0 Å². The van der Waals surface area contributed by atoms with Crippen LogP contribution in [0.25, 0.3) is 10.1 Å². The monoisotopic (exact) mass is 435 g/mol. The molecule has 0 spiro atoms. The number of hydrogen-bond acceptors (Lipinski definition) is 6. The summed E-state index contributed by atoms with van der Waals surface area (Å²) in [7, 11) is 1.30. The van der Waals surface area contributed by atoms with Gasteiger partial charge in [0.1, 0.15) is 4.88 Å². The number of aryl methyl sites for hydroxylation is 1. The Kier molecular flexibility index (Phi) is 5.78. The smallest absolute Gasteiger partial charge is 0.349 e. The molecule has 0 saturated carbocycles. The number of nitrogens with one attached hydrogen (secondary N) is 2. The lowest BCUT2D eigenvalue weighted by Crippen LogP contribution is -2.19. The van der Waals surface area contributed by atoms with E-state index in [1.54, 1.807) is 18.2 Å². The molecule has 0 fully saturated rings. The van der Waals surface area contributed by atoms with Gasteiger partial charge in [0.15, 0.2) is 5.11 Å². The van der Waals surface area contributed by atoms with Crippen molar-refractivity contribution in [1.82, 2.24) is 0 Å². The van der Waals surface area contributed by atoms with Gasteiger partial charge in [0.25, 0.3) is 5.69 Å². The molecule has 0 bridgehead atoms. The number of non-ortho nitro benzene ring substituents is 1. The number of ether oxygens (including phenoxy) is 1. The third-order valence-corrected chi connectivity index (χ3v) is 5.78. The summed E-state index contributed by atoms with van der Waals surface area (Å²) in [5.41, 5.74) is 2.01. The SMILES string of the molecule is COC(=O)c1sc2cc(NC(=S)Nc3cc([N+](=O)[O-])ccc3C)ccc2c1Cl. The van der Waals surface area contributed by atoms with Crippen molar-refractivity contribution in [2.45, 2.75) is 6.92 Å². The lowest BCUT2D eigenvalue weighted by atomic mass is 10.2. The number of rotatable bonds is 4. The first-order chi connectivity index (χ1) is 13.3. The number of nitro groups is 1.